The smallest absolute Gasteiger partial charge is 0.250 e. The molecule has 228 valence electrons. The minimum Gasteiger partial charge on any atom is -0.457 e. The Morgan fingerprint density at radius 3 is 2.07 bits per heavy atom. The third kappa shape index (κ3) is 6.82. The monoisotopic (exact) mass is 666 g/mol. The number of rotatable bonds is 6. The van der Waals surface area contributed by atoms with Gasteiger partial charge in [-0.3, -0.25) is 10.1 Å². The zero-order valence-electron chi connectivity index (χ0n) is 22.4. The quantitative estimate of drug-likeness (QED) is 0.0720. The SMILES string of the molecule is O=C(C=Cc1ccc(-c2ccc(Cl)cc2)o1)NC(=S)Nc1ccc(N2CCN(c3c(F)c(F)c(F)c(F)c3F)CC2)c(Cl)c1. The van der Waals surface area contributed by atoms with E-state index in [-0.39, 0.29) is 31.3 Å². The summed E-state index contributed by atoms with van der Waals surface area (Å²) in [5.74, 6) is -9.34. The molecule has 5 rings (SSSR count). The van der Waals surface area contributed by atoms with Gasteiger partial charge in [-0.2, -0.15) is 0 Å². The molecule has 0 atom stereocenters. The highest BCUT2D eigenvalue weighted by Crippen LogP contribution is 2.34. The Bertz CT molecular complexity index is 1730. The lowest BCUT2D eigenvalue weighted by Gasteiger charge is -2.38. The summed E-state index contributed by atoms with van der Waals surface area (Å²) in [5, 5.41) is 6.32. The number of thiocarbonyl (C=S) groups is 1. The van der Waals surface area contributed by atoms with Crippen molar-refractivity contribution in [1.82, 2.24) is 5.32 Å². The van der Waals surface area contributed by atoms with E-state index in [1.807, 2.05) is 17.0 Å². The number of hydrogen-bond acceptors (Lipinski definition) is 5. The summed E-state index contributed by atoms with van der Waals surface area (Å²) in [5.41, 5.74) is 0.944. The highest BCUT2D eigenvalue weighted by molar-refractivity contribution is 7.80. The molecule has 1 amide bonds. The van der Waals surface area contributed by atoms with E-state index in [1.165, 1.54) is 12.2 Å². The summed E-state index contributed by atoms with van der Waals surface area (Å²) in [6.45, 7) is 0.366. The summed E-state index contributed by atoms with van der Waals surface area (Å²) in [4.78, 5) is 15.3. The van der Waals surface area contributed by atoms with Gasteiger partial charge >= 0.3 is 0 Å². The topological polar surface area (TPSA) is 60.8 Å². The van der Waals surface area contributed by atoms with Crippen LogP contribution in [0.2, 0.25) is 10.0 Å². The van der Waals surface area contributed by atoms with Gasteiger partial charge in [0.25, 0.3) is 0 Å². The van der Waals surface area contributed by atoms with Crippen LogP contribution in [-0.4, -0.2) is 37.2 Å². The van der Waals surface area contributed by atoms with Crippen LogP contribution in [0.15, 0.2) is 65.1 Å². The average molecular weight is 667 g/mol. The molecule has 0 spiro atoms. The van der Waals surface area contributed by atoms with Crippen molar-refractivity contribution in [2.24, 2.45) is 0 Å². The van der Waals surface area contributed by atoms with Crippen LogP contribution in [0.3, 0.4) is 0 Å². The van der Waals surface area contributed by atoms with Gasteiger partial charge in [0, 0.05) is 48.5 Å². The third-order valence-electron chi connectivity index (χ3n) is 6.72. The zero-order chi connectivity index (χ0) is 31.5. The van der Waals surface area contributed by atoms with Gasteiger partial charge in [0.1, 0.15) is 17.2 Å². The van der Waals surface area contributed by atoms with Crippen molar-refractivity contribution in [2.75, 3.05) is 41.3 Å². The Hall–Kier alpha value is -4.13. The number of hydrogen-bond donors (Lipinski definition) is 2. The molecular weight excluding hydrogens is 646 g/mol. The van der Waals surface area contributed by atoms with E-state index in [1.54, 1.807) is 42.5 Å². The number of nitrogens with zero attached hydrogens (tertiary/aromatic N) is 2. The van der Waals surface area contributed by atoms with Gasteiger partial charge in [0.2, 0.25) is 11.7 Å². The molecule has 1 aliphatic heterocycles. The average Bonchev–Trinajstić information content (AvgIpc) is 3.48. The molecule has 3 aromatic carbocycles. The van der Waals surface area contributed by atoms with E-state index in [2.05, 4.69) is 10.6 Å². The first-order chi connectivity index (χ1) is 21.0. The maximum absolute atomic E-state index is 14.2. The molecule has 4 aromatic rings. The molecule has 6 nitrogen and oxygen atoms in total. The van der Waals surface area contributed by atoms with Crippen molar-refractivity contribution < 1.29 is 31.2 Å². The Morgan fingerprint density at radius 2 is 1.43 bits per heavy atom. The number of piperazine rings is 1. The van der Waals surface area contributed by atoms with Crippen LogP contribution < -0.4 is 20.4 Å². The number of furan rings is 1. The lowest BCUT2D eigenvalue weighted by molar-refractivity contribution is -0.115. The van der Waals surface area contributed by atoms with Crippen molar-refractivity contribution in [3.63, 3.8) is 0 Å². The summed E-state index contributed by atoms with van der Waals surface area (Å²) >= 11 is 17.6. The fraction of sp³-hybridized carbons (Fsp3) is 0.133. The first kappa shape index (κ1) is 31.3. The van der Waals surface area contributed by atoms with Crippen LogP contribution >= 0.6 is 35.4 Å². The van der Waals surface area contributed by atoms with Crippen LogP contribution in [-0.2, 0) is 4.79 Å². The molecule has 1 aliphatic rings. The maximum Gasteiger partial charge on any atom is 0.250 e. The van der Waals surface area contributed by atoms with E-state index in [0.717, 1.165) is 10.5 Å². The zero-order valence-corrected chi connectivity index (χ0v) is 24.8. The molecular formula is C30H21Cl2F5N4O2S. The molecule has 2 heterocycles. The number of carbonyl (C=O) groups excluding carboxylic acids is 1. The number of halogens is 7. The van der Waals surface area contributed by atoms with Crippen LogP contribution in [0, 0.1) is 29.1 Å². The second-order valence-electron chi connectivity index (χ2n) is 9.54. The van der Waals surface area contributed by atoms with Gasteiger partial charge in [-0.15, -0.1) is 0 Å². The van der Waals surface area contributed by atoms with Crippen molar-refractivity contribution >= 4 is 69.6 Å². The lowest BCUT2D eigenvalue weighted by Crippen LogP contribution is -2.47. The summed E-state index contributed by atoms with van der Waals surface area (Å²) in [6, 6.07) is 15.5. The molecule has 0 aliphatic carbocycles. The fourth-order valence-corrected chi connectivity index (χ4v) is 5.21. The normalized spacial score (nSPS) is 13.4. The molecule has 0 bridgehead atoms. The minimum absolute atomic E-state index is 0.0150. The van der Waals surface area contributed by atoms with E-state index >= 15 is 0 Å². The van der Waals surface area contributed by atoms with Gasteiger partial charge in [-0.05, 0) is 72.9 Å². The minimum atomic E-state index is -2.20. The maximum atomic E-state index is 14.2. The standard InChI is InChI=1S/C30H21Cl2F5N4O2S/c31-17-3-1-16(2-4-17)22-9-6-19(43-22)7-10-23(42)39-30(44)38-18-5-8-21(20(32)15-18)40-11-13-41(14-12-40)29-27(36)25(34)24(33)26(35)28(29)37/h1-10,15H,11-14H2,(H2,38,39,42,44). The van der Waals surface area contributed by atoms with Gasteiger partial charge in [-0.1, -0.05) is 23.2 Å². The number of benzene rings is 3. The van der Waals surface area contributed by atoms with Crippen LogP contribution in [0.4, 0.5) is 39.0 Å². The van der Waals surface area contributed by atoms with Crippen molar-refractivity contribution in [1.29, 1.82) is 0 Å². The van der Waals surface area contributed by atoms with E-state index in [9.17, 15) is 26.7 Å². The number of anilines is 3. The Kier molecular flexibility index (Phi) is 9.42. The van der Waals surface area contributed by atoms with E-state index < -0.39 is 40.7 Å². The predicted octanol–water partition coefficient (Wildman–Crippen LogP) is 7.80. The predicted molar refractivity (Wildman–Crippen MR) is 165 cm³/mol. The van der Waals surface area contributed by atoms with Crippen LogP contribution in [0.5, 0.6) is 0 Å². The van der Waals surface area contributed by atoms with Gasteiger partial charge < -0.3 is 19.5 Å². The molecule has 1 aromatic heterocycles. The van der Waals surface area contributed by atoms with Crippen molar-refractivity contribution in [3.05, 3.63) is 106 Å². The van der Waals surface area contributed by atoms with Crippen molar-refractivity contribution in [2.45, 2.75) is 0 Å². The first-order valence-corrected chi connectivity index (χ1v) is 14.1. The summed E-state index contributed by atoms with van der Waals surface area (Å²) in [6.07, 6.45) is 2.76. The summed E-state index contributed by atoms with van der Waals surface area (Å²) in [7, 11) is 0. The molecule has 1 fully saturated rings. The van der Waals surface area contributed by atoms with E-state index in [0.29, 0.717) is 32.9 Å². The Morgan fingerprint density at radius 1 is 0.818 bits per heavy atom. The van der Waals surface area contributed by atoms with E-state index in [4.69, 9.17) is 39.8 Å². The molecule has 1 saturated heterocycles. The van der Waals surface area contributed by atoms with Gasteiger partial charge in [-0.25, -0.2) is 22.0 Å². The molecule has 2 N–H and O–H groups in total. The summed E-state index contributed by atoms with van der Waals surface area (Å²) < 4.78 is 74.9. The second kappa shape index (κ2) is 13.2. The first-order valence-electron chi connectivity index (χ1n) is 13.0. The largest absolute Gasteiger partial charge is 0.457 e. The second-order valence-corrected chi connectivity index (χ2v) is 10.8. The fourth-order valence-electron chi connectivity index (χ4n) is 4.57. The molecule has 0 saturated carbocycles. The van der Waals surface area contributed by atoms with Crippen molar-refractivity contribution in [3.8, 4) is 11.3 Å². The molecule has 44 heavy (non-hydrogen) atoms. The van der Waals surface area contributed by atoms with Gasteiger partial charge in [0.15, 0.2) is 28.4 Å². The number of nitrogens with one attached hydrogen (secondary N) is 2. The number of carbonyl (C=O) groups is 1. The van der Waals surface area contributed by atoms with Crippen LogP contribution in [0.25, 0.3) is 17.4 Å². The Balaban J connectivity index is 1.15. The Labute approximate surface area is 263 Å². The molecule has 0 unspecified atom stereocenters. The van der Waals surface area contributed by atoms with Gasteiger partial charge in [0.05, 0.1) is 10.7 Å². The highest BCUT2D eigenvalue weighted by atomic mass is 35.5. The van der Waals surface area contributed by atoms with Crippen LogP contribution in [0.1, 0.15) is 5.76 Å². The molecule has 14 heteroatoms. The highest BCUT2D eigenvalue weighted by Gasteiger charge is 2.31. The third-order valence-corrected chi connectivity index (χ3v) is 7.48. The number of amides is 1. The lowest BCUT2D eigenvalue weighted by atomic mass is 10.2. The molecule has 0 radical (unpaired) electrons.